The average Bonchev–Trinajstić information content (AvgIpc) is 2.54. The van der Waals surface area contributed by atoms with E-state index in [1.54, 1.807) is 30.3 Å². The van der Waals surface area contributed by atoms with E-state index in [2.05, 4.69) is 5.32 Å². The number of rotatable bonds is 4. The summed E-state index contributed by atoms with van der Waals surface area (Å²) in [5.74, 6) is -0.503. The Kier molecular flexibility index (Phi) is 5.00. The molecule has 2 aromatic carbocycles. The van der Waals surface area contributed by atoms with Crippen LogP contribution in [0.1, 0.15) is 5.56 Å². The van der Waals surface area contributed by atoms with Gasteiger partial charge in [-0.3, -0.25) is 4.79 Å². The number of phenolic OH excluding ortho intramolecular Hbond substituents is 1. The first-order chi connectivity index (χ1) is 11.0. The minimum atomic E-state index is -0.520. The maximum atomic E-state index is 12.2. The van der Waals surface area contributed by atoms with E-state index in [-0.39, 0.29) is 11.3 Å². The molecule has 0 saturated heterocycles. The van der Waals surface area contributed by atoms with Crippen LogP contribution in [0, 0.1) is 11.3 Å². The Balaban J connectivity index is 2.18. The van der Waals surface area contributed by atoms with Crippen LogP contribution in [0.25, 0.3) is 6.08 Å². The summed E-state index contributed by atoms with van der Waals surface area (Å²) in [5.41, 5.74) is 1.94. The van der Waals surface area contributed by atoms with E-state index in [4.69, 9.17) is 0 Å². The van der Waals surface area contributed by atoms with Crippen LogP contribution in [-0.4, -0.2) is 25.1 Å². The molecule has 0 aromatic heterocycles. The summed E-state index contributed by atoms with van der Waals surface area (Å²) in [5, 5.41) is 21.6. The molecule has 0 atom stereocenters. The van der Waals surface area contributed by atoms with Crippen molar-refractivity contribution in [2.24, 2.45) is 0 Å². The van der Waals surface area contributed by atoms with Gasteiger partial charge in [-0.05, 0) is 36.4 Å². The van der Waals surface area contributed by atoms with Gasteiger partial charge in [0.25, 0.3) is 5.91 Å². The van der Waals surface area contributed by atoms with Crippen molar-refractivity contribution in [3.63, 3.8) is 0 Å². The Morgan fingerprint density at radius 1 is 1.17 bits per heavy atom. The van der Waals surface area contributed by atoms with Crippen molar-refractivity contribution in [2.45, 2.75) is 0 Å². The fourth-order valence-electron chi connectivity index (χ4n) is 1.96. The number of nitriles is 1. The number of nitrogens with one attached hydrogen (secondary N) is 1. The molecule has 1 amide bonds. The van der Waals surface area contributed by atoms with E-state index in [9.17, 15) is 15.2 Å². The highest BCUT2D eigenvalue weighted by Crippen LogP contribution is 2.20. The number of carbonyl (C=O) groups excluding carboxylic acids is 1. The Labute approximate surface area is 135 Å². The fourth-order valence-corrected chi connectivity index (χ4v) is 1.96. The van der Waals surface area contributed by atoms with Gasteiger partial charge in [-0.25, -0.2) is 0 Å². The molecule has 2 rings (SSSR count). The highest BCUT2D eigenvalue weighted by atomic mass is 16.3. The number of amides is 1. The average molecular weight is 307 g/mol. The number of aromatic hydroxyl groups is 1. The molecule has 0 radical (unpaired) electrons. The van der Waals surface area contributed by atoms with Gasteiger partial charge in [-0.2, -0.15) is 5.26 Å². The summed E-state index contributed by atoms with van der Waals surface area (Å²) in [7, 11) is 3.85. The monoisotopic (exact) mass is 307 g/mol. The molecule has 0 spiro atoms. The lowest BCUT2D eigenvalue weighted by atomic mass is 10.1. The third-order valence-corrected chi connectivity index (χ3v) is 3.24. The van der Waals surface area contributed by atoms with Crippen LogP contribution in [0.3, 0.4) is 0 Å². The van der Waals surface area contributed by atoms with Crippen molar-refractivity contribution in [3.8, 4) is 11.8 Å². The zero-order valence-electron chi connectivity index (χ0n) is 12.9. The van der Waals surface area contributed by atoms with E-state index in [0.717, 1.165) is 5.69 Å². The predicted octanol–water partition coefficient (Wildman–Crippen LogP) is 3.00. The summed E-state index contributed by atoms with van der Waals surface area (Å²) in [6, 6.07) is 15.7. The molecule has 0 fully saturated rings. The van der Waals surface area contributed by atoms with Crippen molar-refractivity contribution in [1.82, 2.24) is 0 Å². The van der Waals surface area contributed by atoms with Crippen molar-refractivity contribution in [3.05, 3.63) is 59.7 Å². The molecular weight excluding hydrogens is 290 g/mol. The summed E-state index contributed by atoms with van der Waals surface area (Å²) in [4.78, 5) is 14.1. The highest BCUT2D eigenvalue weighted by molar-refractivity contribution is 6.09. The summed E-state index contributed by atoms with van der Waals surface area (Å²) >= 11 is 0. The molecular formula is C18H17N3O2. The number of carbonyl (C=O) groups is 1. The molecule has 5 heteroatoms. The van der Waals surface area contributed by atoms with Gasteiger partial charge in [0.15, 0.2) is 0 Å². The van der Waals surface area contributed by atoms with Crippen LogP contribution in [0.5, 0.6) is 5.75 Å². The maximum Gasteiger partial charge on any atom is 0.266 e. The summed E-state index contributed by atoms with van der Waals surface area (Å²) < 4.78 is 0. The third-order valence-electron chi connectivity index (χ3n) is 3.24. The standard InChI is InChI=1S/C18H17N3O2/c1-21(2)16-9-7-15(8-10-16)20-18(23)14(12-19)11-13-5-3-4-6-17(13)22/h3-11,22H,1-2H3,(H,20,23)/b14-11-. The first-order valence-corrected chi connectivity index (χ1v) is 7.00. The number of para-hydroxylation sites is 1. The number of benzene rings is 2. The van der Waals surface area contributed by atoms with Crippen LogP contribution in [0.15, 0.2) is 54.1 Å². The molecule has 0 aliphatic heterocycles. The van der Waals surface area contributed by atoms with Crippen LogP contribution in [-0.2, 0) is 4.79 Å². The van der Waals surface area contributed by atoms with E-state index in [1.807, 2.05) is 37.2 Å². The first-order valence-electron chi connectivity index (χ1n) is 7.00. The van der Waals surface area contributed by atoms with Gasteiger partial charge in [-0.15, -0.1) is 0 Å². The van der Waals surface area contributed by atoms with Crippen LogP contribution in [0.2, 0.25) is 0 Å². The Bertz CT molecular complexity index is 772. The van der Waals surface area contributed by atoms with Crippen molar-refractivity contribution >= 4 is 23.4 Å². The summed E-state index contributed by atoms with van der Waals surface area (Å²) in [6.07, 6.45) is 1.36. The second-order valence-electron chi connectivity index (χ2n) is 5.12. The van der Waals surface area contributed by atoms with Crippen LogP contribution in [0.4, 0.5) is 11.4 Å². The van der Waals surface area contributed by atoms with E-state index >= 15 is 0 Å². The number of phenols is 1. The molecule has 0 bridgehead atoms. The van der Waals surface area contributed by atoms with E-state index in [1.165, 1.54) is 12.1 Å². The largest absolute Gasteiger partial charge is 0.507 e. The van der Waals surface area contributed by atoms with Gasteiger partial charge in [0.2, 0.25) is 0 Å². The smallest absolute Gasteiger partial charge is 0.266 e. The third kappa shape index (κ3) is 4.11. The van der Waals surface area contributed by atoms with E-state index < -0.39 is 5.91 Å². The van der Waals surface area contributed by atoms with Crippen LogP contribution < -0.4 is 10.2 Å². The number of nitrogens with zero attached hydrogens (tertiary/aromatic N) is 2. The molecule has 0 aliphatic carbocycles. The van der Waals surface area contributed by atoms with Gasteiger partial charge in [-0.1, -0.05) is 18.2 Å². The second-order valence-corrected chi connectivity index (χ2v) is 5.12. The van der Waals surface area contributed by atoms with Gasteiger partial charge < -0.3 is 15.3 Å². The van der Waals surface area contributed by atoms with Crippen molar-refractivity contribution in [1.29, 1.82) is 5.26 Å². The molecule has 0 heterocycles. The van der Waals surface area contributed by atoms with Gasteiger partial charge in [0, 0.05) is 31.0 Å². The summed E-state index contributed by atoms with van der Waals surface area (Å²) in [6.45, 7) is 0. The number of hydrogen-bond acceptors (Lipinski definition) is 4. The molecule has 0 saturated carbocycles. The van der Waals surface area contributed by atoms with Gasteiger partial charge in [0.1, 0.15) is 17.4 Å². The molecule has 0 aliphatic rings. The lowest BCUT2D eigenvalue weighted by Crippen LogP contribution is -2.14. The fraction of sp³-hybridized carbons (Fsp3) is 0.111. The van der Waals surface area contributed by atoms with Crippen molar-refractivity contribution in [2.75, 3.05) is 24.3 Å². The number of hydrogen-bond donors (Lipinski definition) is 2. The molecule has 2 aromatic rings. The van der Waals surface area contributed by atoms with E-state index in [0.29, 0.717) is 11.3 Å². The molecule has 23 heavy (non-hydrogen) atoms. The normalized spacial score (nSPS) is 10.7. The molecule has 5 nitrogen and oxygen atoms in total. The Morgan fingerprint density at radius 2 is 1.83 bits per heavy atom. The topological polar surface area (TPSA) is 76.4 Å². The minimum Gasteiger partial charge on any atom is -0.507 e. The lowest BCUT2D eigenvalue weighted by molar-refractivity contribution is -0.112. The Hall–Kier alpha value is -3.26. The molecule has 116 valence electrons. The zero-order chi connectivity index (χ0) is 16.8. The zero-order valence-corrected chi connectivity index (χ0v) is 12.9. The SMILES string of the molecule is CN(C)c1ccc(NC(=O)/C(C#N)=C\c2ccccc2O)cc1. The maximum absolute atomic E-state index is 12.2. The first kappa shape index (κ1) is 16.1. The Morgan fingerprint density at radius 3 is 2.39 bits per heavy atom. The molecule has 0 unspecified atom stereocenters. The quantitative estimate of drug-likeness (QED) is 0.672. The van der Waals surface area contributed by atoms with Crippen molar-refractivity contribution < 1.29 is 9.90 Å². The predicted molar refractivity (Wildman–Crippen MR) is 91.1 cm³/mol. The second kappa shape index (κ2) is 7.14. The highest BCUT2D eigenvalue weighted by Gasteiger charge is 2.10. The lowest BCUT2D eigenvalue weighted by Gasteiger charge is -2.13. The number of anilines is 2. The molecule has 2 N–H and O–H groups in total. The minimum absolute atomic E-state index is 0.0170. The van der Waals surface area contributed by atoms with Crippen LogP contribution >= 0.6 is 0 Å². The van der Waals surface area contributed by atoms with Gasteiger partial charge in [0.05, 0.1) is 0 Å². The van der Waals surface area contributed by atoms with Gasteiger partial charge >= 0.3 is 0 Å².